The molecule has 0 bridgehead atoms. The molecule has 2 aromatic rings. The summed E-state index contributed by atoms with van der Waals surface area (Å²) in [5.41, 5.74) is -0.0344. The average Bonchev–Trinajstić information content (AvgIpc) is 3.36. The molecule has 2 heterocycles. The van der Waals surface area contributed by atoms with Crippen LogP contribution in [-0.4, -0.2) is 67.8 Å². The largest absolute Gasteiger partial charge is 0.381 e. The van der Waals surface area contributed by atoms with Crippen LogP contribution < -0.4 is 5.32 Å². The fraction of sp³-hybridized carbons (Fsp3) is 0.435. The summed E-state index contributed by atoms with van der Waals surface area (Å²) in [6.45, 7) is 4.58. The first-order chi connectivity index (χ1) is 16.0. The van der Waals surface area contributed by atoms with Gasteiger partial charge in [0.15, 0.2) is 0 Å². The van der Waals surface area contributed by atoms with Gasteiger partial charge in [0, 0.05) is 60.1 Å². The number of carbonyl (C=O) groups excluding carboxylic acids is 1. The number of rotatable bonds is 8. The minimum absolute atomic E-state index is 0.0849. The van der Waals surface area contributed by atoms with Crippen LogP contribution >= 0.6 is 11.8 Å². The van der Waals surface area contributed by atoms with Gasteiger partial charge in [-0.1, -0.05) is 23.9 Å². The molecule has 0 radical (unpaired) electrons. The lowest BCUT2D eigenvalue weighted by Crippen LogP contribution is -2.52. The molecule has 0 spiro atoms. The Balaban J connectivity index is 1.54. The van der Waals surface area contributed by atoms with Crippen LogP contribution in [0.15, 0.2) is 52.3 Å². The van der Waals surface area contributed by atoms with Crippen molar-refractivity contribution in [1.29, 1.82) is 0 Å². The number of hydrogen-bond acceptors (Lipinski definition) is 7. The number of nitro groups is 1. The molecule has 0 aromatic heterocycles. The molecule has 2 aromatic carbocycles. The molecular weight excluding hydrogens is 449 g/mol. The van der Waals surface area contributed by atoms with Gasteiger partial charge in [0.1, 0.15) is 5.82 Å². The summed E-state index contributed by atoms with van der Waals surface area (Å²) in [5, 5.41) is 14.3. The normalized spacial score (nSPS) is 19.8. The minimum atomic E-state index is -0.541. The van der Waals surface area contributed by atoms with Crippen LogP contribution in [0.25, 0.3) is 0 Å². The molecule has 176 valence electrons. The zero-order valence-corrected chi connectivity index (χ0v) is 18.9. The van der Waals surface area contributed by atoms with E-state index < -0.39 is 16.6 Å². The van der Waals surface area contributed by atoms with Gasteiger partial charge in [-0.3, -0.25) is 19.8 Å². The van der Waals surface area contributed by atoms with E-state index in [-0.39, 0.29) is 17.3 Å². The topological polar surface area (TPSA) is 93.9 Å². The van der Waals surface area contributed by atoms with Crippen LogP contribution in [0.2, 0.25) is 0 Å². The van der Waals surface area contributed by atoms with Crippen LogP contribution in [0.4, 0.5) is 10.1 Å². The van der Waals surface area contributed by atoms with Crippen LogP contribution in [0.3, 0.4) is 0 Å². The molecule has 1 amide bonds. The van der Waals surface area contributed by atoms with Crippen molar-refractivity contribution >= 4 is 23.4 Å². The second kappa shape index (κ2) is 11.1. The number of nitro benzene ring substituents is 1. The van der Waals surface area contributed by atoms with E-state index in [9.17, 15) is 19.3 Å². The number of benzene rings is 2. The van der Waals surface area contributed by atoms with Gasteiger partial charge in [-0.2, -0.15) is 0 Å². The van der Waals surface area contributed by atoms with E-state index >= 15 is 0 Å². The van der Waals surface area contributed by atoms with Gasteiger partial charge in [-0.25, -0.2) is 4.39 Å². The standard InChI is InChI=1S/C23H26FN3O5S/c24-19-3-1-2-4-22(19)33-21-6-5-17(27(29)30)13-18(21)23(28)25-14-20(16-7-10-32-15-16)26-8-11-31-12-9-26/h1-6,13,16,20H,7-12,14-15H2,(H,25,28). The Bertz CT molecular complexity index is 996. The Kier molecular flexibility index (Phi) is 7.92. The number of carbonyl (C=O) groups is 1. The third kappa shape index (κ3) is 5.89. The Morgan fingerprint density at radius 2 is 1.97 bits per heavy atom. The summed E-state index contributed by atoms with van der Waals surface area (Å²) in [6, 6.07) is 10.4. The number of nitrogens with zero attached hydrogens (tertiary/aromatic N) is 2. The number of non-ortho nitro benzene ring substituents is 1. The molecule has 1 N–H and O–H groups in total. The van der Waals surface area contributed by atoms with Gasteiger partial charge in [0.2, 0.25) is 0 Å². The highest BCUT2D eigenvalue weighted by atomic mass is 32.2. The van der Waals surface area contributed by atoms with Crippen LogP contribution in [0.5, 0.6) is 0 Å². The third-order valence-electron chi connectivity index (χ3n) is 5.97. The molecule has 2 saturated heterocycles. The zero-order valence-electron chi connectivity index (χ0n) is 18.1. The van der Waals surface area contributed by atoms with Gasteiger partial charge in [-0.05, 0) is 24.6 Å². The number of hydrogen-bond donors (Lipinski definition) is 1. The highest BCUT2D eigenvalue weighted by Gasteiger charge is 2.32. The number of amides is 1. The van der Waals surface area contributed by atoms with Crippen LogP contribution in [-0.2, 0) is 9.47 Å². The molecule has 2 unspecified atom stereocenters. The van der Waals surface area contributed by atoms with Gasteiger partial charge in [0.05, 0.1) is 30.3 Å². The van der Waals surface area contributed by atoms with Crippen molar-refractivity contribution in [2.75, 3.05) is 46.1 Å². The molecule has 33 heavy (non-hydrogen) atoms. The Morgan fingerprint density at radius 1 is 1.18 bits per heavy atom. The van der Waals surface area contributed by atoms with Crippen molar-refractivity contribution < 1.29 is 23.6 Å². The zero-order chi connectivity index (χ0) is 23.2. The first-order valence-electron chi connectivity index (χ1n) is 10.9. The number of ether oxygens (including phenoxy) is 2. The summed E-state index contributed by atoms with van der Waals surface area (Å²) in [5.74, 6) is -0.545. The lowest BCUT2D eigenvalue weighted by Gasteiger charge is -2.37. The fourth-order valence-electron chi connectivity index (χ4n) is 4.20. The van der Waals surface area contributed by atoms with E-state index in [2.05, 4.69) is 10.2 Å². The SMILES string of the molecule is O=C(NCC(C1CCOC1)N1CCOCC1)c1cc([N+](=O)[O-])ccc1Sc1ccccc1F. The summed E-state index contributed by atoms with van der Waals surface area (Å²) in [7, 11) is 0. The fourth-order valence-corrected chi connectivity index (χ4v) is 5.14. The van der Waals surface area contributed by atoms with Crippen LogP contribution in [0, 0.1) is 21.8 Å². The van der Waals surface area contributed by atoms with E-state index in [4.69, 9.17) is 9.47 Å². The van der Waals surface area contributed by atoms with Gasteiger partial charge in [0.25, 0.3) is 11.6 Å². The van der Waals surface area contributed by atoms with Crippen molar-refractivity contribution in [2.24, 2.45) is 5.92 Å². The molecule has 0 aliphatic carbocycles. The maximum Gasteiger partial charge on any atom is 0.270 e. The van der Waals surface area contributed by atoms with E-state index in [1.54, 1.807) is 18.2 Å². The van der Waals surface area contributed by atoms with Gasteiger partial charge < -0.3 is 14.8 Å². The van der Waals surface area contributed by atoms with E-state index in [0.29, 0.717) is 48.7 Å². The lowest BCUT2D eigenvalue weighted by atomic mass is 9.96. The molecule has 2 aliphatic heterocycles. The summed E-state index contributed by atoms with van der Waals surface area (Å²) < 4.78 is 25.2. The second-order valence-corrected chi connectivity index (χ2v) is 9.10. The lowest BCUT2D eigenvalue weighted by molar-refractivity contribution is -0.384. The summed E-state index contributed by atoms with van der Waals surface area (Å²) in [4.78, 5) is 27.1. The molecule has 8 nitrogen and oxygen atoms in total. The van der Waals surface area contributed by atoms with Crippen molar-refractivity contribution in [3.63, 3.8) is 0 Å². The van der Waals surface area contributed by atoms with Gasteiger partial charge >= 0.3 is 0 Å². The Hall–Kier alpha value is -2.53. The van der Waals surface area contributed by atoms with Crippen molar-refractivity contribution in [2.45, 2.75) is 22.3 Å². The number of nitrogens with one attached hydrogen (secondary N) is 1. The first kappa shape index (κ1) is 23.6. The highest BCUT2D eigenvalue weighted by molar-refractivity contribution is 7.99. The van der Waals surface area contributed by atoms with Gasteiger partial charge in [-0.15, -0.1) is 0 Å². The highest BCUT2D eigenvalue weighted by Crippen LogP contribution is 2.34. The summed E-state index contributed by atoms with van der Waals surface area (Å²) >= 11 is 1.07. The molecule has 2 atom stereocenters. The molecular formula is C23H26FN3O5S. The monoisotopic (exact) mass is 475 g/mol. The molecule has 4 rings (SSSR count). The Morgan fingerprint density at radius 3 is 2.67 bits per heavy atom. The predicted octanol–water partition coefficient (Wildman–Crippen LogP) is 3.35. The van der Waals surface area contributed by atoms with E-state index in [1.165, 1.54) is 24.3 Å². The van der Waals surface area contributed by atoms with Crippen LogP contribution in [0.1, 0.15) is 16.8 Å². The second-order valence-electron chi connectivity index (χ2n) is 8.02. The quantitative estimate of drug-likeness (QED) is 0.462. The number of halogens is 1. The summed E-state index contributed by atoms with van der Waals surface area (Å²) in [6.07, 6.45) is 0.920. The minimum Gasteiger partial charge on any atom is -0.381 e. The van der Waals surface area contributed by atoms with E-state index in [0.717, 1.165) is 31.3 Å². The van der Waals surface area contributed by atoms with Crippen molar-refractivity contribution in [1.82, 2.24) is 10.2 Å². The van der Waals surface area contributed by atoms with Crippen molar-refractivity contribution in [3.05, 3.63) is 64.0 Å². The maximum atomic E-state index is 14.2. The molecule has 10 heteroatoms. The first-order valence-corrected chi connectivity index (χ1v) is 11.7. The van der Waals surface area contributed by atoms with Crippen molar-refractivity contribution in [3.8, 4) is 0 Å². The van der Waals surface area contributed by atoms with E-state index in [1.807, 2.05) is 0 Å². The predicted molar refractivity (Wildman–Crippen MR) is 121 cm³/mol. The molecule has 0 saturated carbocycles. The smallest absolute Gasteiger partial charge is 0.270 e. The third-order valence-corrected chi connectivity index (χ3v) is 7.10. The average molecular weight is 476 g/mol. The Labute approximate surface area is 195 Å². The number of morpholine rings is 1. The maximum absolute atomic E-state index is 14.2. The molecule has 2 fully saturated rings. The molecule has 2 aliphatic rings.